The van der Waals surface area contributed by atoms with E-state index in [4.69, 9.17) is 19.9 Å². The number of ether oxygens (including phenoxy) is 3. The molecule has 2 N–H and O–H groups in total. The van der Waals surface area contributed by atoms with Gasteiger partial charge in [-0.25, -0.2) is 0 Å². The lowest BCUT2D eigenvalue weighted by molar-refractivity contribution is -0.150. The van der Waals surface area contributed by atoms with Gasteiger partial charge in [0, 0.05) is 50.7 Å². The third kappa shape index (κ3) is 2.52. The summed E-state index contributed by atoms with van der Waals surface area (Å²) < 4.78 is 16.8. The predicted octanol–water partition coefficient (Wildman–Crippen LogP) is 0.897. The zero-order valence-electron chi connectivity index (χ0n) is 12.1. The Morgan fingerprint density at radius 1 is 1.10 bits per heavy atom. The lowest BCUT2D eigenvalue weighted by atomic mass is 9.68. The average molecular weight is 283 g/mol. The highest BCUT2D eigenvalue weighted by atomic mass is 16.6. The van der Waals surface area contributed by atoms with Gasteiger partial charge in [-0.1, -0.05) is 0 Å². The van der Waals surface area contributed by atoms with Crippen molar-refractivity contribution >= 4 is 5.78 Å². The second-order valence-corrected chi connectivity index (χ2v) is 6.48. The molecule has 0 aliphatic carbocycles. The maximum atomic E-state index is 13.0. The quantitative estimate of drug-likeness (QED) is 0.833. The molecule has 114 valence electrons. The van der Waals surface area contributed by atoms with E-state index in [1.54, 1.807) is 0 Å². The molecule has 5 heteroatoms. The molecule has 0 amide bonds. The van der Waals surface area contributed by atoms with Crippen molar-refractivity contribution in [1.82, 2.24) is 0 Å². The monoisotopic (exact) mass is 283 g/mol. The predicted molar refractivity (Wildman–Crippen MR) is 73.4 cm³/mol. The molecule has 20 heavy (non-hydrogen) atoms. The zero-order chi connectivity index (χ0) is 14.1. The van der Waals surface area contributed by atoms with Crippen molar-refractivity contribution in [2.45, 2.75) is 37.7 Å². The first kappa shape index (κ1) is 14.4. The van der Waals surface area contributed by atoms with Gasteiger partial charge in [0.2, 0.25) is 0 Å². The van der Waals surface area contributed by atoms with Gasteiger partial charge in [-0.3, -0.25) is 4.79 Å². The number of nitrogens with two attached hydrogens (primary N) is 1. The van der Waals surface area contributed by atoms with Crippen LogP contribution in [0.5, 0.6) is 0 Å². The molecule has 0 aromatic heterocycles. The third-order valence-corrected chi connectivity index (χ3v) is 5.29. The minimum Gasteiger partial charge on any atom is -0.381 e. The Morgan fingerprint density at radius 2 is 1.85 bits per heavy atom. The normalized spacial score (nSPS) is 37.1. The van der Waals surface area contributed by atoms with Crippen molar-refractivity contribution in [2.75, 3.05) is 39.6 Å². The van der Waals surface area contributed by atoms with E-state index in [1.807, 2.05) is 0 Å². The van der Waals surface area contributed by atoms with Gasteiger partial charge in [0.15, 0.2) is 0 Å². The number of rotatable bonds is 3. The SMILES string of the molecule is NCC1(C(=O)C2CCOC3(CCOC3)C2)CCOCC1. The van der Waals surface area contributed by atoms with Crippen molar-refractivity contribution < 1.29 is 19.0 Å². The molecule has 5 nitrogen and oxygen atoms in total. The van der Waals surface area contributed by atoms with E-state index in [1.165, 1.54) is 0 Å². The summed E-state index contributed by atoms with van der Waals surface area (Å²) in [6.07, 6.45) is 4.07. The van der Waals surface area contributed by atoms with Gasteiger partial charge in [0.25, 0.3) is 0 Å². The summed E-state index contributed by atoms with van der Waals surface area (Å²) in [5.74, 6) is 0.421. The molecule has 2 unspecified atom stereocenters. The fourth-order valence-electron chi connectivity index (χ4n) is 3.86. The summed E-state index contributed by atoms with van der Waals surface area (Å²) in [7, 11) is 0. The number of carbonyl (C=O) groups is 1. The summed E-state index contributed by atoms with van der Waals surface area (Å²) in [5, 5.41) is 0. The molecule has 1 spiro atoms. The Hall–Kier alpha value is -0.490. The minimum absolute atomic E-state index is 0.0760. The maximum Gasteiger partial charge on any atom is 0.143 e. The van der Waals surface area contributed by atoms with Gasteiger partial charge in [0.1, 0.15) is 5.78 Å². The second-order valence-electron chi connectivity index (χ2n) is 6.48. The Balaban J connectivity index is 1.72. The first-order valence-corrected chi connectivity index (χ1v) is 7.74. The molecule has 3 aliphatic heterocycles. The lowest BCUT2D eigenvalue weighted by Gasteiger charge is -2.42. The standard InChI is InChI=1S/C15H25NO4/c16-10-14(2-6-18-7-3-14)13(17)12-1-5-20-15(9-12)4-8-19-11-15/h12H,1-11,16H2. The van der Waals surface area contributed by atoms with Gasteiger partial charge in [-0.2, -0.15) is 0 Å². The van der Waals surface area contributed by atoms with Crippen molar-refractivity contribution in [3.8, 4) is 0 Å². The van der Waals surface area contributed by atoms with E-state index in [9.17, 15) is 4.79 Å². The Kier molecular flexibility index (Phi) is 4.13. The summed E-state index contributed by atoms with van der Waals surface area (Å²) in [5.41, 5.74) is 5.39. The van der Waals surface area contributed by atoms with Gasteiger partial charge in [-0.05, 0) is 25.7 Å². The summed E-state index contributed by atoms with van der Waals surface area (Å²) >= 11 is 0. The highest BCUT2D eigenvalue weighted by Gasteiger charge is 2.48. The van der Waals surface area contributed by atoms with Crippen LogP contribution in [-0.2, 0) is 19.0 Å². The van der Waals surface area contributed by atoms with Gasteiger partial charge >= 0.3 is 0 Å². The number of Topliss-reactive ketones (excluding diaryl/α,β-unsaturated/α-hetero) is 1. The van der Waals surface area contributed by atoms with Gasteiger partial charge < -0.3 is 19.9 Å². The van der Waals surface area contributed by atoms with Gasteiger partial charge in [0.05, 0.1) is 12.2 Å². The second kappa shape index (κ2) is 5.72. The first-order chi connectivity index (χ1) is 9.70. The van der Waals surface area contributed by atoms with E-state index in [-0.39, 0.29) is 16.9 Å². The molecule has 0 bridgehead atoms. The molecule has 0 aromatic rings. The van der Waals surface area contributed by atoms with Crippen LogP contribution in [0.4, 0.5) is 0 Å². The van der Waals surface area contributed by atoms with E-state index < -0.39 is 0 Å². The number of hydrogen-bond donors (Lipinski definition) is 1. The fourth-order valence-corrected chi connectivity index (χ4v) is 3.86. The van der Waals surface area contributed by atoms with Crippen molar-refractivity contribution in [3.63, 3.8) is 0 Å². The Labute approximate surface area is 120 Å². The van der Waals surface area contributed by atoms with Gasteiger partial charge in [-0.15, -0.1) is 0 Å². The van der Waals surface area contributed by atoms with Crippen LogP contribution in [0.2, 0.25) is 0 Å². The molecule has 3 rings (SSSR count). The molecule has 3 heterocycles. The molecule has 0 radical (unpaired) electrons. The van der Waals surface area contributed by atoms with Crippen molar-refractivity contribution in [2.24, 2.45) is 17.1 Å². The number of carbonyl (C=O) groups excluding carboxylic acids is 1. The molecule has 0 saturated carbocycles. The van der Waals surface area contributed by atoms with E-state index in [0.717, 1.165) is 38.7 Å². The Bertz CT molecular complexity index is 359. The molecule has 3 saturated heterocycles. The van der Waals surface area contributed by atoms with Crippen LogP contribution >= 0.6 is 0 Å². The van der Waals surface area contributed by atoms with E-state index in [0.29, 0.717) is 38.8 Å². The minimum atomic E-state index is -0.360. The third-order valence-electron chi connectivity index (χ3n) is 5.29. The molecule has 3 fully saturated rings. The van der Waals surface area contributed by atoms with Crippen LogP contribution in [0, 0.1) is 11.3 Å². The van der Waals surface area contributed by atoms with E-state index >= 15 is 0 Å². The average Bonchev–Trinajstić information content (AvgIpc) is 2.95. The van der Waals surface area contributed by atoms with Crippen molar-refractivity contribution in [3.05, 3.63) is 0 Å². The summed E-state index contributed by atoms with van der Waals surface area (Å²) in [6, 6.07) is 0. The van der Waals surface area contributed by atoms with Crippen LogP contribution in [0.3, 0.4) is 0 Å². The van der Waals surface area contributed by atoms with Crippen molar-refractivity contribution in [1.29, 1.82) is 0 Å². The first-order valence-electron chi connectivity index (χ1n) is 7.74. The fraction of sp³-hybridized carbons (Fsp3) is 0.933. The van der Waals surface area contributed by atoms with Crippen LogP contribution in [0.15, 0.2) is 0 Å². The highest BCUT2D eigenvalue weighted by molar-refractivity contribution is 5.87. The number of ketones is 1. The Morgan fingerprint density at radius 3 is 2.50 bits per heavy atom. The largest absolute Gasteiger partial charge is 0.381 e. The number of hydrogen-bond acceptors (Lipinski definition) is 5. The lowest BCUT2D eigenvalue weighted by Crippen LogP contribution is -2.50. The molecule has 0 aromatic carbocycles. The summed E-state index contributed by atoms with van der Waals surface area (Å²) in [4.78, 5) is 13.0. The molecular formula is C15H25NO4. The molecule has 3 aliphatic rings. The molecule has 2 atom stereocenters. The van der Waals surface area contributed by atoms with E-state index in [2.05, 4.69) is 0 Å². The summed E-state index contributed by atoms with van der Waals surface area (Å²) in [6.45, 7) is 3.79. The maximum absolute atomic E-state index is 13.0. The van der Waals surface area contributed by atoms with Crippen LogP contribution in [-0.4, -0.2) is 51.0 Å². The zero-order valence-corrected chi connectivity index (χ0v) is 12.1. The van der Waals surface area contributed by atoms with Crippen LogP contribution in [0.25, 0.3) is 0 Å². The van der Waals surface area contributed by atoms with Crippen LogP contribution < -0.4 is 5.73 Å². The molecular weight excluding hydrogens is 258 g/mol. The topological polar surface area (TPSA) is 70.8 Å². The smallest absolute Gasteiger partial charge is 0.143 e. The highest BCUT2D eigenvalue weighted by Crippen LogP contribution is 2.41. The van der Waals surface area contributed by atoms with Crippen LogP contribution in [0.1, 0.15) is 32.1 Å².